The molecular formula is C42H37BN2O2. The van der Waals surface area contributed by atoms with Gasteiger partial charge in [0.15, 0.2) is 0 Å². The lowest BCUT2D eigenvalue weighted by Gasteiger charge is -2.40. The first-order valence-electron chi connectivity index (χ1n) is 16.6. The van der Waals surface area contributed by atoms with E-state index in [1.165, 1.54) is 16.6 Å². The molecule has 0 saturated heterocycles. The molecule has 0 spiro atoms. The fourth-order valence-corrected chi connectivity index (χ4v) is 7.56. The van der Waals surface area contributed by atoms with Crippen molar-refractivity contribution in [1.29, 1.82) is 0 Å². The summed E-state index contributed by atoms with van der Waals surface area (Å²) in [6.45, 7) is 13.4. The van der Waals surface area contributed by atoms with E-state index in [-0.39, 0.29) is 17.5 Å². The van der Waals surface area contributed by atoms with Gasteiger partial charge in [-0.2, -0.15) is 0 Å². The van der Waals surface area contributed by atoms with E-state index in [0.29, 0.717) is 0 Å². The Balaban J connectivity index is 1.35. The van der Waals surface area contributed by atoms with Crippen molar-refractivity contribution in [2.75, 3.05) is 9.80 Å². The van der Waals surface area contributed by atoms with Gasteiger partial charge in [-0.05, 0) is 88.1 Å². The zero-order chi connectivity index (χ0) is 32.2. The Morgan fingerprint density at radius 2 is 0.872 bits per heavy atom. The van der Waals surface area contributed by atoms with Crippen LogP contribution in [0.5, 0.6) is 0 Å². The van der Waals surface area contributed by atoms with Crippen LogP contribution in [-0.4, -0.2) is 6.71 Å². The van der Waals surface area contributed by atoms with Crippen molar-refractivity contribution in [2.45, 2.75) is 52.4 Å². The van der Waals surface area contributed by atoms with Gasteiger partial charge >= 0.3 is 6.71 Å². The zero-order valence-corrected chi connectivity index (χ0v) is 27.8. The minimum Gasteiger partial charge on any atom is -0.468 e. The number of nitrogens with zero attached hydrogens (tertiary/aromatic N) is 2. The molecule has 0 saturated carbocycles. The Kier molecular flexibility index (Phi) is 5.79. The van der Waals surface area contributed by atoms with Crippen LogP contribution in [0.4, 0.5) is 34.1 Å². The number of furan rings is 2. The number of benzene rings is 5. The van der Waals surface area contributed by atoms with Gasteiger partial charge in [0.05, 0.1) is 11.4 Å². The van der Waals surface area contributed by atoms with E-state index in [2.05, 4.69) is 167 Å². The fraction of sp³-hybridized carbons (Fsp3) is 0.190. The summed E-state index contributed by atoms with van der Waals surface area (Å²) in [6.07, 6.45) is 0. The maximum Gasteiger partial charge on any atom is 0.342 e. The van der Waals surface area contributed by atoms with Crippen molar-refractivity contribution in [2.24, 2.45) is 0 Å². The van der Waals surface area contributed by atoms with Crippen LogP contribution in [0, 0.1) is 0 Å². The summed E-state index contributed by atoms with van der Waals surface area (Å²) < 4.78 is 13.8. The fourth-order valence-electron chi connectivity index (χ4n) is 7.56. The van der Waals surface area contributed by atoms with Gasteiger partial charge in [-0.25, -0.2) is 0 Å². The molecule has 4 nitrogen and oxygen atoms in total. The van der Waals surface area contributed by atoms with E-state index >= 15 is 0 Å². The molecule has 0 fully saturated rings. The highest BCUT2D eigenvalue weighted by atomic mass is 16.3. The van der Waals surface area contributed by atoms with Crippen LogP contribution in [0.25, 0.3) is 21.9 Å². The van der Waals surface area contributed by atoms with Crippen LogP contribution in [0.2, 0.25) is 0 Å². The van der Waals surface area contributed by atoms with Crippen LogP contribution in [0.1, 0.15) is 52.7 Å². The van der Waals surface area contributed by atoms with Crippen molar-refractivity contribution >= 4 is 79.6 Å². The first-order chi connectivity index (χ1) is 22.6. The lowest BCUT2D eigenvalue weighted by atomic mass is 9.37. The maximum atomic E-state index is 6.90. The summed E-state index contributed by atoms with van der Waals surface area (Å²) in [5.41, 5.74) is 14.1. The minimum absolute atomic E-state index is 0.0612. The van der Waals surface area contributed by atoms with Gasteiger partial charge in [0.25, 0.3) is 0 Å². The molecule has 2 aliphatic rings. The van der Waals surface area contributed by atoms with E-state index in [4.69, 9.17) is 8.83 Å². The molecule has 2 aliphatic heterocycles. The van der Waals surface area contributed by atoms with Crippen LogP contribution in [-0.2, 0) is 10.8 Å². The lowest BCUT2D eigenvalue weighted by Crippen LogP contribution is -2.60. The average Bonchev–Trinajstić information content (AvgIpc) is 3.63. The molecule has 0 aliphatic carbocycles. The number of anilines is 6. The number of rotatable bonds is 2. The minimum atomic E-state index is -0.207. The summed E-state index contributed by atoms with van der Waals surface area (Å²) in [5.74, 6) is 0. The van der Waals surface area contributed by atoms with Crippen molar-refractivity contribution in [3.8, 4) is 0 Å². The molecule has 7 aromatic rings. The zero-order valence-electron chi connectivity index (χ0n) is 27.8. The van der Waals surface area contributed by atoms with Gasteiger partial charge in [-0.15, -0.1) is 0 Å². The van der Waals surface area contributed by atoms with Crippen LogP contribution < -0.4 is 26.6 Å². The highest BCUT2D eigenvalue weighted by Crippen LogP contribution is 2.48. The van der Waals surface area contributed by atoms with E-state index in [1.54, 1.807) is 0 Å². The topological polar surface area (TPSA) is 32.8 Å². The summed E-state index contributed by atoms with van der Waals surface area (Å²) in [4.78, 5) is 4.80. The van der Waals surface area contributed by atoms with Crippen LogP contribution in [0.3, 0.4) is 0 Å². The largest absolute Gasteiger partial charge is 0.468 e. The Morgan fingerprint density at radius 3 is 1.28 bits per heavy atom. The third-order valence-corrected chi connectivity index (χ3v) is 9.98. The number of para-hydroxylation sites is 2. The molecule has 5 aromatic carbocycles. The maximum absolute atomic E-state index is 6.90. The quantitative estimate of drug-likeness (QED) is 0.182. The molecule has 5 heteroatoms. The Bertz CT molecular complexity index is 2170. The Morgan fingerprint density at radius 1 is 0.468 bits per heavy atom. The molecule has 9 rings (SSSR count). The SMILES string of the molecule is CC(C)(C)c1ccc(N2c3cccc4c3B(c3oc5ccccc5c32)c2oc3ccccc3c2N4c2ccc(C(C)(C)C)cc2)cc1. The monoisotopic (exact) mass is 612 g/mol. The van der Waals surface area contributed by atoms with Crippen molar-refractivity contribution in [1.82, 2.24) is 0 Å². The normalized spacial score (nSPS) is 14.0. The number of hydrogen-bond donors (Lipinski definition) is 0. The lowest BCUT2D eigenvalue weighted by molar-refractivity contribution is 0.590. The van der Waals surface area contributed by atoms with E-state index in [0.717, 1.165) is 67.4 Å². The molecule has 0 amide bonds. The van der Waals surface area contributed by atoms with Gasteiger partial charge in [-0.1, -0.05) is 96.1 Å². The van der Waals surface area contributed by atoms with E-state index in [1.807, 2.05) is 0 Å². The third-order valence-electron chi connectivity index (χ3n) is 9.98. The molecule has 2 aromatic heterocycles. The first-order valence-corrected chi connectivity index (χ1v) is 16.6. The molecule has 0 atom stereocenters. The number of hydrogen-bond acceptors (Lipinski definition) is 4. The summed E-state index contributed by atoms with van der Waals surface area (Å²) in [5, 5.41) is 2.19. The van der Waals surface area contributed by atoms with Gasteiger partial charge in [0.2, 0.25) is 0 Å². The Labute approximate surface area is 276 Å². The summed E-state index contributed by atoms with van der Waals surface area (Å²) >= 11 is 0. The Hall–Kier alpha value is -5.16. The van der Waals surface area contributed by atoms with Gasteiger partial charge in [0.1, 0.15) is 22.5 Å². The van der Waals surface area contributed by atoms with E-state index in [9.17, 15) is 0 Å². The first kappa shape index (κ1) is 28.1. The van der Waals surface area contributed by atoms with Crippen molar-refractivity contribution < 1.29 is 8.83 Å². The smallest absolute Gasteiger partial charge is 0.342 e. The average molecular weight is 613 g/mol. The van der Waals surface area contributed by atoms with E-state index < -0.39 is 0 Å². The van der Waals surface area contributed by atoms with Crippen molar-refractivity contribution in [3.63, 3.8) is 0 Å². The molecule has 0 N–H and O–H groups in total. The third kappa shape index (κ3) is 4.08. The second kappa shape index (κ2) is 9.68. The summed E-state index contributed by atoms with van der Waals surface area (Å²) in [7, 11) is 0. The van der Waals surface area contributed by atoms with Crippen LogP contribution >= 0.6 is 0 Å². The molecular weight excluding hydrogens is 575 g/mol. The van der Waals surface area contributed by atoms with Gasteiger partial charge in [-0.3, -0.25) is 0 Å². The highest BCUT2D eigenvalue weighted by molar-refractivity contribution is 6.99. The molecule has 4 heterocycles. The predicted octanol–water partition coefficient (Wildman–Crippen LogP) is 9.86. The van der Waals surface area contributed by atoms with Gasteiger partial charge < -0.3 is 18.6 Å². The molecule has 0 unspecified atom stereocenters. The second-order valence-electron chi connectivity index (χ2n) is 15.0. The number of fused-ring (bicyclic) bond motifs is 8. The standard InChI is InChI=1S/C42H37BN2O2/c1-41(2,3)26-18-22-28(23-19-26)44-32-14-11-15-33-36(32)43(39-37(44)30-12-7-9-16-34(30)46-39)40-38(31-13-8-10-17-35(31)47-40)45(33)29-24-20-27(21-25-29)42(4,5)6/h7-25H,1-6H3. The van der Waals surface area contributed by atoms with Crippen molar-refractivity contribution in [3.05, 3.63) is 126 Å². The van der Waals surface area contributed by atoms with Crippen LogP contribution in [0.15, 0.2) is 124 Å². The molecule has 0 bridgehead atoms. The summed E-state index contributed by atoms with van der Waals surface area (Å²) in [6, 6.07) is 41.6. The second-order valence-corrected chi connectivity index (χ2v) is 15.0. The molecule has 230 valence electrons. The van der Waals surface area contributed by atoms with Gasteiger partial charge in [0, 0.05) is 33.5 Å². The molecule has 0 radical (unpaired) electrons. The predicted molar refractivity (Wildman–Crippen MR) is 197 cm³/mol. The molecule has 47 heavy (non-hydrogen) atoms. The highest BCUT2D eigenvalue weighted by Gasteiger charge is 2.49.